The number of aryl methyl sites for hydroxylation is 2. The van der Waals surface area contributed by atoms with Gasteiger partial charge in [0.25, 0.3) is 0 Å². The molecular weight excluding hydrogens is 196 g/mol. The fraction of sp³-hybridized carbons (Fsp3) is 0.500. The summed E-state index contributed by atoms with van der Waals surface area (Å²) in [4.78, 5) is 13.7. The molecule has 14 heavy (non-hydrogen) atoms. The van der Waals surface area contributed by atoms with Crippen molar-refractivity contribution < 1.29 is 4.79 Å². The number of hydrogen-bond acceptors (Lipinski definition) is 3. The first kappa shape index (κ1) is 11.2. The lowest BCUT2D eigenvalue weighted by molar-refractivity contribution is -0.122. The fourth-order valence-corrected chi connectivity index (χ4v) is 2.07. The van der Waals surface area contributed by atoms with Crippen molar-refractivity contribution in [3.8, 4) is 0 Å². The number of nitrogens with two attached hydrogens (primary N) is 1. The van der Waals surface area contributed by atoms with Crippen molar-refractivity contribution in [1.29, 1.82) is 0 Å². The monoisotopic (exact) mass is 212 g/mol. The van der Waals surface area contributed by atoms with E-state index >= 15 is 0 Å². The smallest absolute Gasteiger partial charge is 0.236 e. The van der Waals surface area contributed by atoms with Crippen LogP contribution in [0.15, 0.2) is 6.07 Å². The van der Waals surface area contributed by atoms with Gasteiger partial charge in [-0.1, -0.05) is 0 Å². The Kier molecular flexibility index (Phi) is 3.66. The average molecular weight is 212 g/mol. The van der Waals surface area contributed by atoms with Crippen LogP contribution in [0.1, 0.15) is 22.2 Å². The molecule has 1 atom stereocenters. The van der Waals surface area contributed by atoms with Crippen molar-refractivity contribution in [2.45, 2.75) is 33.4 Å². The largest absolute Gasteiger partial charge is 0.350 e. The first-order valence-electron chi connectivity index (χ1n) is 4.60. The lowest BCUT2D eigenvalue weighted by Crippen LogP contribution is -2.37. The van der Waals surface area contributed by atoms with Gasteiger partial charge in [-0.25, -0.2) is 0 Å². The standard InChI is InChI=1S/C10H16N2OS/c1-6-4-9(14-8(6)3)5-12-10(13)7(2)11/h4,7H,5,11H2,1-3H3,(H,12,13). The molecule has 1 aromatic rings. The molecule has 1 heterocycles. The highest BCUT2D eigenvalue weighted by Gasteiger charge is 2.07. The van der Waals surface area contributed by atoms with Gasteiger partial charge in [0.2, 0.25) is 5.91 Å². The van der Waals surface area contributed by atoms with Gasteiger partial charge < -0.3 is 11.1 Å². The summed E-state index contributed by atoms with van der Waals surface area (Å²) in [6, 6.07) is 1.67. The molecule has 0 aliphatic rings. The SMILES string of the molecule is Cc1cc(CNC(=O)C(C)N)sc1C. The minimum atomic E-state index is -0.433. The number of amides is 1. The van der Waals surface area contributed by atoms with Crippen molar-refractivity contribution in [1.82, 2.24) is 5.32 Å². The van der Waals surface area contributed by atoms with E-state index in [0.717, 1.165) is 0 Å². The van der Waals surface area contributed by atoms with Gasteiger partial charge >= 0.3 is 0 Å². The maximum Gasteiger partial charge on any atom is 0.236 e. The van der Waals surface area contributed by atoms with E-state index in [1.54, 1.807) is 18.3 Å². The number of nitrogens with one attached hydrogen (secondary N) is 1. The Morgan fingerprint density at radius 1 is 1.64 bits per heavy atom. The predicted octanol–water partition coefficient (Wildman–Crippen LogP) is 1.33. The Labute approximate surface area is 88.3 Å². The van der Waals surface area contributed by atoms with Crippen LogP contribution >= 0.6 is 11.3 Å². The van der Waals surface area contributed by atoms with Crippen molar-refractivity contribution in [3.05, 3.63) is 21.4 Å². The molecule has 0 bridgehead atoms. The van der Waals surface area contributed by atoms with Crippen molar-refractivity contribution in [3.63, 3.8) is 0 Å². The second-order valence-corrected chi connectivity index (χ2v) is 4.80. The van der Waals surface area contributed by atoms with Crippen LogP contribution < -0.4 is 11.1 Å². The molecule has 78 valence electrons. The molecule has 0 saturated carbocycles. The normalized spacial score (nSPS) is 12.6. The molecule has 1 unspecified atom stereocenters. The molecule has 0 aliphatic carbocycles. The van der Waals surface area contributed by atoms with Gasteiger partial charge in [-0.15, -0.1) is 11.3 Å². The van der Waals surface area contributed by atoms with Gasteiger partial charge in [-0.2, -0.15) is 0 Å². The van der Waals surface area contributed by atoms with E-state index in [4.69, 9.17) is 5.73 Å². The molecule has 3 nitrogen and oxygen atoms in total. The van der Waals surface area contributed by atoms with Gasteiger partial charge in [0.1, 0.15) is 0 Å². The van der Waals surface area contributed by atoms with E-state index in [1.165, 1.54) is 15.3 Å². The number of carbonyl (C=O) groups excluding carboxylic acids is 1. The molecule has 0 spiro atoms. The minimum absolute atomic E-state index is 0.103. The second kappa shape index (κ2) is 4.57. The summed E-state index contributed by atoms with van der Waals surface area (Å²) in [5.41, 5.74) is 6.70. The van der Waals surface area contributed by atoms with Gasteiger partial charge in [-0.05, 0) is 32.4 Å². The number of carbonyl (C=O) groups is 1. The molecular formula is C10H16N2OS. The van der Waals surface area contributed by atoms with E-state index < -0.39 is 6.04 Å². The zero-order valence-corrected chi connectivity index (χ0v) is 9.57. The van der Waals surface area contributed by atoms with E-state index in [-0.39, 0.29) is 5.91 Å². The molecule has 0 aromatic carbocycles. The molecule has 0 saturated heterocycles. The van der Waals surface area contributed by atoms with Crippen molar-refractivity contribution in [2.75, 3.05) is 0 Å². The maximum atomic E-state index is 11.2. The Balaban J connectivity index is 2.50. The number of hydrogen-bond donors (Lipinski definition) is 2. The predicted molar refractivity (Wildman–Crippen MR) is 59.3 cm³/mol. The summed E-state index contributed by atoms with van der Waals surface area (Å²) in [5.74, 6) is -0.103. The van der Waals surface area contributed by atoms with E-state index in [1.807, 2.05) is 0 Å². The number of thiophene rings is 1. The fourth-order valence-electron chi connectivity index (χ4n) is 1.07. The molecule has 0 fully saturated rings. The Morgan fingerprint density at radius 2 is 2.29 bits per heavy atom. The first-order valence-corrected chi connectivity index (χ1v) is 5.41. The van der Waals surface area contributed by atoms with Crippen LogP contribution in [0.5, 0.6) is 0 Å². The first-order chi connectivity index (χ1) is 6.50. The summed E-state index contributed by atoms with van der Waals surface area (Å²) in [6.45, 7) is 6.42. The van der Waals surface area contributed by atoms with Crippen LogP contribution in [-0.2, 0) is 11.3 Å². The maximum absolute atomic E-state index is 11.2. The quantitative estimate of drug-likeness (QED) is 0.794. The zero-order chi connectivity index (χ0) is 10.7. The molecule has 0 aliphatic heterocycles. The summed E-state index contributed by atoms with van der Waals surface area (Å²) in [5, 5.41) is 2.79. The lowest BCUT2D eigenvalue weighted by atomic mass is 10.3. The van der Waals surface area contributed by atoms with Gasteiger partial charge in [-0.3, -0.25) is 4.79 Å². The van der Waals surface area contributed by atoms with Crippen LogP contribution in [0.2, 0.25) is 0 Å². The van der Waals surface area contributed by atoms with E-state index in [0.29, 0.717) is 6.54 Å². The minimum Gasteiger partial charge on any atom is -0.350 e. The summed E-state index contributed by atoms with van der Waals surface area (Å²) >= 11 is 1.71. The third-order valence-electron chi connectivity index (χ3n) is 2.07. The van der Waals surface area contributed by atoms with Gasteiger partial charge in [0.05, 0.1) is 12.6 Å². The lowest BCUT2D eigenvalue weighted by Gasteiger charge is -2.05. The topological polar surface area (TPSA) is 55.1 Å². The van der Waals surface area contributed by atoms with Crippen LogP contribution in [0.3, 0.4) is 0 Å². The van der Waals surface area contributed by atoms with Crippen molar-refractivity contribution in [2.24, 2.45) is 5.73 Å². The van der Waals surface area contributed by atoms with E-state index in [9.17, 15) is 4.79 Å². The van der Waals surface area contributed by atoms with Crippen LogP contribution in [0.25, 0.3) is 0 Å². The van der Waals surface area contributed by atoms with Gasteiger partial charge in [0.15, 0.2) is 0 Å². The van der Waals surface area contributed by atoms with Crippen LogP contribution in [-0.4, -0.2) is 11.9 Å². The highest BCUT2D eigenvalue weighted by Crippen LogP contribution is 2.20. The molecule has 1 aromatic heterocycles. The molecule has 3 N–H and O–H groups in total. The molecule has 1 rings (SSSR count). The van der Waals surface area contributed by atoms with E-state index in [2.05, 4.69) is 25.2 Å². The Hall–Kier alpha value is -0.870. The summed E-state index contributed by atoms with van der Waals surface area (Å²) in [6.07, 6.45) is 0. The summed E-state index contributed by atoms with van der Waals surface area (Å²) in [7, 11) is 0. The van der Waals surface area contributed by atoms with Crippen LogP contribution in [0.4, 0.5) is 0 Å². The highest BCUT2D eigenvalue weighted by molar-refractivity contribution is 7.12. The third-order valence-corrected chi connectivity index (χ3v) is 3.22. The average Bonchev–Trinajstić information content (AvgIpc) is 2.42. The Morgan fingerprint density at radius 3 is 2.71 bits per heavy atom. The molecule has 0 radical (unpaired) electrons. The van der Waals surface area contributed by atoms with Gasteiger partial charge in [0, 0.05) is 9.75 Å². The molecule has 4 heteroatoms. The Bertz CT molecular complexity index is 311. The third kappa shape index (κ3) is 2.82. The van der Waals surface area contributed by atoms with Crippen molar-refractivity contribution >= 4 is 17.2 Å². The number of rotatable bonds is 3. The molecule has 1 amide bonds. The van der Waals surface area contributed by atoms with Crippen LogP contribution in [0, 0.1) is 13.8 Å². The second-order valence-electron chi connectivity index (χ2n) is 3.46. The summed E-state index contributed by atoms with van der Waals surface area (Å²) < 4.78 is 0. The highest BCUT2D eigenvalue weighted by atomic mass is 32.1. The zero-order valence-electron chi connectivity index (χ0n) is 8.76.